The Morgan fingerprint density at radius 2 is 1.70 bits per heavy atom. The molecular formula is C16H27N3O4. The van der Waals surface area contributed by atoms with Gasteiger partial charge in [-0.05, 0) is 48.0 Å². The number of hydrogen-bond acceptors (Lipinski definition) is 5. The molecular weight excluding hydrogens is 298 g/mol. The summed E-state index contributed by atoms with van der Waals surface area (Å²) in [6, 6.07) is 1.71. The first-order valence-electron chi connectivity index (χ1n) is 7.78. The van der Waals surface area contributed by atoms with Gasteiger partial charge in [0.15, 0.2) is 0 Å². The van der Waals surface area contributed by atoms with Crippen LogP contribution in [0.1, 0.15) is 48.0 Å². The lowest BCUT2D eigenvalue weighted by Gasteiger charge is -2.37. The summed E-state index contributed by atoms with van der Waals surface area (Å²) < 4.78 is 10.6. The molecule has 1 heterocycles. The molecule has 7 nitrogen and oxygen atoms in total. The average molecular weight is 325 g/mol. The molecule has 0 aromatic rings. The minimum Gasteiger partial charge on any atom is -0.444 e. The molecule has 23 heavy (non-hydrogen) atoms. The summed E-state index contributed by atoms with van der Waals surface area (Å²) in [5, 5.41) is 11.9. The third-order valence-electron chi connectivity index (χ3n) is 3.13. The van der Waals surface area contributed by atoms with E-state index in [1.807, 2.05) is 0 Å². The molecule has 2 atom stereocenters. The Kier molecular flexibility index (Phi) is 5.86. The summed E-state index contributed by atoms with van der Waals surface area (Å²) in [6.07, 6.45) is -0.547. The second kappa shape index (κ2) is 7.07. The maximum atomic E-state index is 12.1. The highest BCUT2D eigenvalue weighted by molar-refractivity contribution is 5.70. The Hall–Kier alpha value is -1.97. The predicted molar refractivity (Wildman–Crippen MR) is 84.7 cm³/mol. The number of alkyl carbamates (subject to hydrolysis) is 1. The number of nitrogens with one attached hydrogen (secondary N) is 1. The van der Waals surface area contributed by atoms with Gasteiger partial charge in [-0.15, -0.1) is 0 Å². The minimum atomic E-state index is -0.619. The number of rotatable bonds is 1. The fourth-order valence-electron chi connectivity index (χ4n) is 2.20. The molecule has 2 amide bonds. The van der Waals surface area contributed by atoms with Crippen molar-refractivity contribution in [3.8, 4) is 6.07 Å². The molecule has 130 valence electrons. The van der Waals surface area contributed by atoms with E-state index < -0.39 is 29.4 Å². The normalized spacial score (nSPS) is 22.0. The number of nitriles is 1. The molecule has 1 rings (SSSR count). The number of carbonyl (C=O) groups is 2. The molecule has 1 fully saturated rings. The fraction of sp³-hybridized carbons (Fsp3) is 0.812. The van der Waals surface area contributed by atoms with Crippen LogP contribution in [0.2, 0.25) is 0 Å². The predicted octanol–water partition coefficient (Wildman–Crippen LogP) is 2.66. The van der Waals surface area contributed by atoms with Crippen LogP contribution in [0.3, 0.4) is 0 Å². The van der Waals surface area contributed by atoms with E-state index in [0.717, 1.165) is 0 Å². The Labute approximate surface area is 137 Å². The highest BCUT2D eigenvalue weighted by atomic mass is 16.6. The number of ether oxygens (including phenoxy) is 2. The smallest absolute Gasteiger partial charge is 0.410 e. The summed E-state index contributed by atoms with van der Waals surface area (Å²) in [6.45, 7) is 11.3. The topological polar surface area (TPSA) is 91.7 Å². The average Bonchev–Trinajstić information content (AvgIpc) is 2.34. The van der Waals surface area contributed by atoms with E-state index in [9.17, 15) is 14.9 Å². The SMILES string of the molecule is CC(C)(C)OC(=O)NC1CN(C(=O)OC(C)(C)C)CCC1C#N. The van der Waals surface area contributed by atoms with E-state index in [4.69, 9.17) is 9.47 Å². The van der Waals surface area contributed by atoms with Crippen LogP contribution in [0.15, 0.2) is 0 Å². The van der Waals surface area contributed by atoms with Crippen molar-refractivity contribution in [2.24, 2.45) is 5.92 Å². The van der Waals surface area contributed by atoms with Crippen LogP contribution >= 0.6 is 0 Å². The molecule has 0 radical (unpaired) electrons. The summed E-state index contributed by atoms with van der Waals surface area (Å²) >= 11 is 0. The largest absolute Gasteiger partial charge is 0.444 e. The highest BCUT2D eigenvalue weighted by Crippen LogP contribution is 2.20. The first-order chi connectivity index (χ1) is 10.4. The second-order valence-corrected chi connectivity index (χ2v) is 7.70. The molecule has 7 heteroatoms. The molecule has 2 unspecified atom stereocenters. The summed E-state index contributed by atoms with van der Waals surface area (Å²) in [5.41, 5.74) is -1.21. The van der Waals surface area contributed by atoms with Gasteiger partial charge >= 0.3 is 12.2 Å². The zero-order valence-electron chi connectivity index (χ0n) is 14.8. The van der Waals surface area contributed by atoms with E-state index in [-0.39, 0.29) is 12.5 Å². The summed E-state index contributed by atoms with van der Waals surface area (Å²) in [7, 11) is 0. The van der Waals surface area contributed by atoms with E-state index in [1.54, 1.807) is 41.5 Å². The van der Waals surface area contributed by atoms with Gasteiger partial charge in [0.1, 0.15) is 11.2 Å². The first-order valence-corrected chi connectivity index (χ1v) is 7.78. The van der Waals surface area contributed by atoms with Crippen LogP contribution in [0.25, 0.3) is 0 Å². The zero-order chi connectivity index (χ0) is 17.8. The van der Waals surface area contributed by atoms with Crippen molar-refractivity contribution >= 4 is 12.2 Å². The van der Waals surface area contributed by atoms with Crippen LogP contribution in [0.4, 0.5) is 9.59 Å². The van der Waals surface area contributed by atoms with Crippen LogP contribution in [-0.2, 0) is 9.47 Å². The molecule has 0 aromatic carbocycles. The van der Waals surface area contributed by atoms with Crippen molar-refractivity contribution in [1.82, 2.24) is 10.2 Å². The van der Waals surface area contributed by atoms with Gasteiger partial charge in [-0.25, -0.2) is 9.59 Å². The van der Waals surface area contributed by atoms with Crippen molar-refractivity contribution in [3.05, 3.63) is 0 Å². The van der Waals surface area contributed by atoms with Crippen molar-refractivity contribution in [2.45, 2.75) is 65.2 Å². The Balaban J connectivity index is 2.70. The lowest BCUT2D eigenvalue weighted by atomic mass is 9.93. The van der Waals surface area contributed by atoms with Gasteiger partial charge in [0.25, 0.3) is 0 Å². The van der Waals surface area contributed by atoms with Crippen molar-refractivity contribution < 1.29 is 19.1 Å². The number of piperidine rings is 1. The fourth-order valence-corrected chi connectivity index (χ4v) is 2.20. The standard InChI is InChI=1S/C16H27N3O4/c1-15(2,3)22-13(20)18-12-10-19(8-7-11(12)9-17)14(21)23-16(4,5)6/h11-12H,7-8,10H2,1-6H3,(H,18,20). The third-order valence-corrected chi connectivity index (χ3v) is 3.13. The van der Waals surface area contributed by atoms with Crippen molar-refractivity contribution in [2.75, 3.05) is 13.1 Å². The van der Waals surface area contributed by atoms with Gasteiger partial charge in [-0.1, -0.05) is 0 Å². The number of likely N-dealkylation sites (tertiary alicyclic amines) is 1. The lowest BCUT2D eigenvalue weighted by molar-refractivity contribution is 0.0132. The maximum Gasteiger partial charge on any atom is 0.410 e. The molecule has 0 spiro atoms. The number of hydrogen-bond donors (Lipinski definition) is 1. The van der Waals surface area contributed by atoms with Gasteiger partial charge in [-0.2, -0.15) is 5.26 Å². The molecule has 1 N–H and O–H groups in total. The Bertz CT molecular complexity index is 485. The highest BCUT2D eigenvalue weighted by Gasteiger charge is 2.35. The Morgan fingerprint density at radius 1 is 1.13 bits per heavy atom. The minimum absolute atomic E-state index is 0.229. The molecule has 1 aliphatic heterocycles. The van der Waals surface area contributed by atoms with Gasteiger partial charge in [0.2, 0.25) is 0 Å². The lowest BCUT2D eigenvalue weighted by Crippen LogP contribution is -2.55. The molecule has 1 aliphatic rings. The van der Waals surface area contributed by atoms with E-state index >= 15 is 0 Å². The van der Waals surface area contributed by atoms with Crippen LogP contribution in [-0.4, -0.2) is 47.4 Å². The monoisotopic (exact) mass is 325 g/mol. The quantitative estimate of drug-likeness (QED) is 0.800. The zero-order valence-corrected chi connectivity index (χ0v) is 14.8. The van der Waals surface area contributed by atoms with Crippen molar-refractivity contribution in [3.63, 3.8) is 0 Å². The van der Waals surface area contributed by atoms with Crippen LogP contribution in [0, 0.1) is 17.2 Å². The number of carbonyl (C=O) groups excluding carboxylic acids is 2. The van der Waals surface area contributed by atoms with Gasteiger partial charge in [-0.3, -0.25) is 0 Å². The molecule has 0 bridgehead atoms. The van der Waals surface area contributed by atoms with E-state index in [1.165, 1.54) is 4.90 Å². The van der Waals surface area contributed by atoms with E-state index in [0.29, 0.717) is 13.0 Å². The summed E-state index contributed by atoms with van der Waals surface area (Å²) in [5.74, 6) is -0.360. The molecule has 0 saturated carbocycles. The Morgan fingerprint density at radius 3 is 2.17 bits per heavy atom. The van der Waals surface area contributed by atoms with Gasteiger partial charge in [0.05, 0.1) is 18.0 Å². The van der Waals surface area contributed by atoms with Crippen LogP contribution < -0.4 is 5.32 Å². The molecule has 0 aliphatic carbocycles. The second-order valence-electron chi connectivity index (χ2n) is 7.70. The summed E-state index contributed by atoms with van der Waals surface area (Å²) in [4.78, 5) is 25.6. The molecule has 1 saturated heterocycles. The number of nitrogens with zero attached hydrogens (tertiary/aromatic N) is 2. The number of amides is 2. The van der Waals surface area contributed by atoms with E-state index in [2.05, 4.69) is 11.4 Å². The third kappa shape index (κ3) is 6.76. The first kappa shape index (κ1) is 19.1. The van der Waals surface area contributed by atoms with Crippen LogP contribution in [0.5, 0.6) is 0 Å². The van der Waals surface area contributed by atoms with Gasteiger partial charge < -0.3 is 19.7 Å². The van der Waals surface area contributed by atoms with Gasteiger partial charge in [0, 0.05) is 13.1 Å². The molecule has 0 aromatic heterocycles. The van der Waals surface area contributed by atoms with Crippen molar-refractivity contribution in [1.29, 1.82) is 5.26 Å². The maximum absolute atomic E-state index is 12.1.